The molecule has 0 fully saturated rings. The van der Waals surface area contributed by atoms with Crippen LogP contribution in [0, 0.1) is 6.92 Å². The summed E-state index contributed by atoms with van der Waals surface area (Å²) in [6.45, 7) is 4.21. The van der Waals surface area contributed by atoms with E-state index in [0.717, 1.165) is 27.3 Å². The van der Waals surface area contributed by atoms with Crippen molar-refractivity contribution in [1.82, 2.24) is 9.97 Å². The number of rotatable bonds is 5. The van der Waals surface area contributed by atoms with Gasteiger partial charge in [-0.1, -0.05) is 30.3 Å². The lowest BCUT2D eigenvalue weighted by Crippen LogP contribution is -2.04. The van der Waals surface area contributed by atoms with Crippen LogP contribution in [0.1, 0.15) is 22.2 Å². The number of carbonyl (C=O) groups is 1. The molecule has 5 nitrogen and oxygen atoms in total. The zero-order valence-corrected chi connectivity index (χ0v) is 16.4. The van der Waals surface area contributed by atoms with Gasteiger partial charge in [0.05, 0.1) is 17.6 Å². The second-order valence-corrected chi connectivity index (χ2v) is 7.50. The smallest absolute Gasteiger partial charge is 0.338 e. The van der Waals surface area contributed by atoms with E-state index in [1.54, 1.807) is 30.4 Å². The number of fused-ring (bicyclic) bond motifs is 1. The Labute approximate surface area is 167 Å². The van der Waals surface area contributed by atoms with Crippen molar-refractivity contribution < 1.29 is 9.53 Å². The molecule has 2 aromatic carbocycles. The van der Waals surface area contributed by atoms with Gasteiger partial charge in [0.15, 0.2) is 5.82 Å². The number of ether oxygens (including phenoxy) is 1. The number of hydrogen-bond acceptors (Lipinski definition) is 6. The normalized spacial score (nSPS) is 10.8. The van der Waals surface area contributed by atoms with Crippen LogP contribution in [0.4, 0.5) is 11.5 Å². The van der Waals surface area contributed by atoms with Crippen molar-refractivity contribution in [2.75, 3.05) is 11.9 Å². The molecule has 0 unspecified atom stereocenters. The summed E-state index contributed by atoms with van der Waals surface area (Å²) in [5, 5.41) is 4.35. The highest BCUT2D eigenvalue weighted by Crippen LogP contribution is 2.32. The van der Waals surface area contributed by atoms with Gasteiger partial charge in [0, 0.05) is 16.1 Å². The topological polar surface area (TPSA) is 64.1 Å². The summed E-state index contributed by atoms with van der Waals surface area (Å²) in [5.74, 6) is 1.11. The Morgan fingerprint density at radius 3 is 2.54 bits per heavy atom. The molecule has 0 amide bonds. The van der Waals surface area contributed by atoms with Gasteiger partial charge in [0.1, 0.15) is 10.6 Å². The van der Waals surface area contributed by atoms with E-state index in [0.29, 0.717) is 18.0 Å². The van der Waals surface area contributed by atoms with Crippen molar-refractivity contribution in [3.8, 4) is 11.4 Å². The van der Waals surface area contributed by atoms with Gasteiger partial charge in [-0.05, 0) is 44.2 Å². The van der Waals surface area contributed by atoms with Gasteiger partial charge in [0.25, 0.3) is 0 Å². The molecule has 1 N–H and O–H groups in total. The van der Waals surface area contributed by atoms with Gasteiger partial charge >= 0.3 is 5.97 Å². The molecule has 4 aromatic rings. The summed E-state index contributed by atoms with van der Waals surface area (Å²) in [6, 6.07) is 19.2. The number of nitrogens with zero attached hydrogens (tertiary/aromatic N) is 2. The molecule has 140 valence electrons. The first-order chi connectivity index (χ1) is 13.6. The quantitative estimate of drug-likeness (QED) is 0.451. The lowest BCUT2D eigenvalue weighted by molar-refractivity contribution is 0.0526. The first-order valence-corrected chi connectivity index (χ1v) is 9.83. The maximum Gasteiger partial charge on any atom is 0.338 e. The van der Waals surface area contributed by atoms with Crippen molar-refractivity contribution in [3.63, 3.8) is 0 Å². The Morgan fingerprint density at radius 1 is 1.07 bits per heavy atom. The Bertz CT molecular complexity index is 1120. The van der Waals surface area contributed by atoms with Crippen LogP contribution in [0.2, 0.25) is 0 Å². The molecule has 0 radical (unpaired) electrons. The van der Waals surface area contributed by atoms with Crippen LogP contribution in [0.15, 0.2) is 60.7 Å². The first-order valence-electron chi connectivity index (χ1n) is 9.02. The van der Waals surface area contributed by atoms with Gasteiger partial charge in [-0.15, -0.1) is 11.3 Å². The van der Waals surface area contributed by atoms with Crippen LogP contribution >= 0.6 is 11.3 Å². The largest absolute Gasteiger partial charge is 0.462 e. The van der Waals surface area contributed by atoms with Crippen LogP contribution in [-0.4, -0.2) is 22.5 Å². The van der Waals surface area contributed by atoms with Crippen LogP contribution in [0.5, 0.6) is 0 Å². The summed E-state index contributed by atoms with van der Waals surface area (Å²) in [6.07, 6.45) is 0. The Hall–Kier alpha value is -3.25. The molecule has 0 aliphatic carbocycles. The first kappa shape index (κ1) is 18.1. The third-order valence-electron chi connectivity index (χ3n) is 4.21. The van der Waals surface area contributed by atoms with Crippen molar-refractivity contribution in [2.45, 2.75) is 13.8 Å². The van der Waals surface area contributed by atoms with E-state index in [2.05, 4.69) is 18.3 Å². The van der Waals surface area contributed by atoms with Crippen LogP contribution in [-0.2, 0) is 4.74 Å². The highest BCUT2D eigenvalue weighted by Gasteiger charge is 2.13. The fourth-order valence-electron chi connectivity index (χ4n) is 2.89. The fraction of sp³-hybridized carbons (Fsp3) is 0.136. The third-order valence-corrected chi connectivity index (χ3v) is 5.15. The Balaban J connectivity index is 1.70. The zero-order chi connectivity index (χ0) is 19.5. The maximum absolute atomic E-state index is 11.8. The number of benzene rings is 2. The zero-order valence-electron chi connectivity index (χ0n) is 15.6. The fourth-order valence-corrected chi connectivity index (χ4v) is 3.77. The molecule has 0 saturated heterocycles. The summed E-state index contributed by atoms with van der Waals surface area (Å²) in [4.78, 5) is 23.4. The SMILES string of the molecule is CCOC(=O)c1ccc(Nc2nc(-c3ccccc3)nc3sc(C)cc23)cc1. The average molecular weight is 389 g/mol. The number of esters is 1. The van der Waals surface area contributed by atoms with E-state index in [1.165, 1.54) is 4.88 Å². The van der Waals surface area contributed by atoms with Gasteiger partial charge in [0.2, 0.25) is 0 Å². The molecule has 0 saturated carbocycles. The third kappa shape index (κ3) is 3.73. The number of aromatic nitrogens is 2. The molecule has 28 heavy (non-hydrogen) atoms. The van der Waals surface area contributed by atoms with Crippen molar-refractivity contribution in [3.05, 3.63) is 71.1 Å². The highest BCUT2D eigenvalue weighted by molar-refractivity contribution is 7.18. The molecular formula is C22H19N3O2S. The minimum Gasteiger partial charge on any atom is -0.462 e. The van der Waals surface area contributed by atoms with Gasteiger partial charge in [-0.2, -0.15) is 0 Å². The number of carbonyl (C=O) groups excluding carboxylic acids is 1. The number of thiophene rings is 1. The second kappa shape index (κ2) is 7.78. The summed E-state index contributed by atoms with van der Waals surface area (Å²) >= 11 is 1.65. The van der Waals surface area contributed by atoms with Crippen molar-refractivity contribution in [2.24, 2.45) is 0 Å². The van der Waals surface area contributed by atoms with Crippen molar-refractivity contribution >= 4 is 39.0 Å². The van der Waals surface area contributed by atoms with E-state index in [-0.39, 0.29) is 5.97 Å². The Morgan fingerprint density at radius 2 is 1.82 bits per heavy atom. The average Bonchev–Trinajstić information content (AvgIpc) is 3.10. The Kier molecular flexibility index (Phi) is 5.04. The predicted octanol–water partition coefficient (Wildman–Crippen LogP) is 5.59. The lowest BCUT2D eigenvalue weighted by atomic mass is 10.2. The van der Waals surface area contributed by atoms with Crippen LogP contribution in [0.25, 0.3) is 21.6 Å². The summed E-state index contributed by atoms with van der Waals surface area (Å²) in [5.41, 5.74) is 2.34. The maximum atomic E-state index is 11.8. The molecule has 2 heterocycles. The van der Waals surface area contributed by atoms with Crippen LogP contribution < -0.4 is 5.32 Å². The number of anilines is 2. The minimum atomic E-state index is -0.321. The summed E-state index contributed by atoms with van der Waals surface area (Å²) in [7, 11) is 0. The van der Waals surface area contributed by atoms with E-state index in [4.69, 9.17) is 14.7 Å². The van der Waals surface area contributed by atoms with Gasteiger partial charge in [-0.25, -0.2) is 14.8 Å². The van der Waals surface area contributed by atoms with E-state index in [1.807, 2.05) is 42.5 Å². The highest BCUT2D eigenvalue weighted by atomic mass is 32.1. The molecule has 4 rings (SSSR count). The molecular weight excluding hydrogens is 370 g/mol. The molecule has 0 spiro atoms. The molecule has 0 aliphatic rings. The minimum absolute atomic E-state index is 0.321. The van der Waals surface area contributed by atoms with E-state index < -0.39 is 0 Å². The van der Waals surface area contributed by atoms with E-state index >= 15 is 0 Å². The molecule has 2 aromatic heterocycles. The molecule has 0 aliphatic heterocycles. The lowest BCUT2D eigenvalue weighted by Gasteiger charge is -2.10. The number of nitrogens with one attached hydrogen (secondary N) is 1. The summed E-state index contributed by atoms with van der Waals surface area (Å²) < 4.78 is 5.03. The van der Waals surface area contributed by atoms with Crippen LogP contribution in [0.3, 0.4) is 0 Å². The monoisotopic (exact) mass is 389 g/mol. The number of aryl methyl sites for hydroxylation is 1. The number of hydrogen-bond donors (Lipinski definition) is 1. The molecule has 0 atom stereocenters. The van der Waals surface area contributed by atoms with E-state index in [9.17, 15) is 4.79 Å². The van der Waals surface area contributed by atoms with Gasteiger partial charge < -0.3 is 10.1 Å². The predicted molar refractivity (Wildman–Crippen MR) is 113 cm³/mol. The second-order valence-electron chi connectivity index (χ2n) is 6.26. The molecule has 6 heteroatoms. The van der Waals surface area contributed by atoms with Crippen molar-refractivity contribution in [1.29, 1.82) is 0 Å². The van der Waals surface area contributed by atoms with Gasteiger partial charge in [-0.3, -0.25) is 0 Å². The standard InChI is InChI=1S/C22H19N3O2S/c1-3-27-22(26)16-9-11-17(12-10-16)23-20-18-13-14(2)28-21(18)25-19(24-20)15-7-5-4-6-8-15/h4-13H,3H2,1-2H3,(H,23,24,25). The molecule has 0 bridgehead atoms.